The molecule has 0 bridgehead atoms. The maximum Gasteiger partial charge on any atom is 0.240 e. The Morgan fingerprint density at radius 1 is 0.766 bits per heavy atom. The first-order valence-corrected chi connectivity index (χ1v) is 18.4. The highest BCUT2D eigenvalue weighted by Crippen LogP contribution is 2.42. The summed E-state index contributed by atoms with van der Waals surface area (Å²) in [5.41, 5.74) is 5.75. The van der Waals surface area contributed by atoms with Crippen LogP contribution in [-0.2, 0) is 32.6 Å². The molecule has 7 nitrogen and oxygen atoms in total. The van der Waals surface area contributed by atoms with Crippen LogP contribution in [0.1, 0.15) is 73.7 Å². The van der Waals surface area contributed by atoms with E-state index in [2.05, 4.69) is 52.9 Å². The minimum absolute atomic E-state index is 0.00580. The highest BCUT2D eigenvalue weighted by Gasteiger charge is 2.39. The monoisotopic (exact) mass is 654 g/mol. The molecule has 2 aliphatic heterocycles. The second-order valence-electron chi connectivity index (χ2n) is 12.8. The number of aliphatic hydroxyl groups is 1. The molecule has 4 aromatic rings. The van der Waals surface area contributed by atoms with E-state index in [1.54, 1.807) is 30.3 Å². The Labute approximate surface area is 279 Å². The molecule has 2 saturated heterocycles. The molecule has 248 valence electrons. The zero-order valence-electron chi connectivity index (χ0n) is 27.1. The number of ether oxygens (including phenoxy) is 2. The van der Waals surface area contributed by atoms with Crippen LogP contribution in [0.5, 0.6) is 0 Å². The summed E-state index contributed by atoms with van der Waals surface area (Å²) in [6, 6.07) is 32.6. The number of hydrogen-bond acceptors (Lipinski definition) is 6. The van der Waals surface area contributed by atoms with Crippen LogP contribution in [0.2, 0.25) is 0 Å². The molecular weight excluding hydrogens is 609 g/mol. The van der Waals surface area contributed by atoms with E-state index in [0.29, 0.717) is 0 Å². The number of benzene rings is 4. The van der Waals surface area contributed by atoms with E-state index >= 15 is 0 Å². The summed E-state index contributed by atoms with van der Waals surface area (Å²) in [4.78, 5) is 2.82. The molecule has 2 heterocycles. The van der Waals surface area contributed by atoms with Gasteiger partial charge in [-0.05, 0) is 65.9 Å². The maximum absolute atomic E-state index is 12.9. The molecule has 0 unspecified atom stereocenters. The van der Waals surface area contributed by atoms with Crippen LogP contribution in [0.15, 0.2) is 108 Å². The second kappa shape index (κ2) is 15.7. The Kier molecular flexibility index (Phi) is 11.2. The summed E-state index contributed by atoms with van der Waals surface area (Å²) in [6.07, 6.45) is 5.67. The van der Waals surface area contributed by atoms with Crippen molar-refractivity contribution in [3.63, 3.8) is 0 Å². The van der Waals surface area contributed by atoms with E-state index in [1.165, 1.54) is 32.1 Å². The SMILES string of the molecule is C[C@@H]1[C@H](CN2CCCCCCC2)O[C@H](c2ccc(-c3ccccc3CNS(=O)(=O)c3ccccc3)cc2)O[C@@H]1c1ccc(CO)cc1. The fourth-order valence-corrected chi connectivity index (χ4v) is 7.74. The zero-order chi connectivity index (χ0) is 32.6. The summed E-state index contributed by atoms with van der Waals surface area (Å²) < 4.78 is 42.0. The largest absolute Gasteiger partial charge is 0.392 e. The predicted molar refractivity (Wildman–Crippen MR) is 185 cm³/mol. The lowest BCUT2D eigenvalue weighted by Gasteiger charge is -2.43. The molecule has 0 amide bonds. The normalized spacial score (nSPS) is 22.8. The van der Waals surface area contributed by atoms with E-state index < -0.39 is 16.3 Å². The van der Waals surface area contributed by atoms with Gasteiger partial charge in [-0.25, -0.2) is 13.1 Å². The van der Waals surface area contributed by atoms with E-state index in [0.717, 1.165) is 53.0 Å². The molecule has 2 N–H and O–H groups in total. The van der Waals surface area contributed by atoms with Crippen molar-refractivity contribution in [3.05, 3.63) is 125 Å². The van der Waals surface area contributed by atoms with Crippen LogP contribution < -0.4 is 4.72 Å². The van der Waals surface area contributed by atoms with Crippen molar-refractivity contribution < 1.29 is 23.0 Å². The summed E-state index contributed by atoms with van der Waals surface area (Å²) in [6.45, 7) is 5.49. The Balaban J connectivity index is 1.22. The van der Waals surface area contributed by atoms with Gasteiger partial charge in [-0.1, -0.05) is 117 Å². The quantitative estimate of drug-likeness (QED) is 0.186. The minimum Gasteiger partial charge on any atom is -0.392 e. The van der Waals surface area contributed by atoms with E-state index in [9.17, 15) is 13.5 Å². The predicted octanol–water partition coefficient (Wildman–Crippen LogP) is 7.38. The van der Waals surface area contributed by atoms with Crippen molar-refractivity contribution in [1.82, 2.24) is 9.62 Å². The average molecular weight is 655 g/mol. The molecule has 47 heavy (non-hydrogen) atoms. The highest BCUT2D eigenvalue weighted by molar-refractivity contribution is 7.89. The van der Waals surface area contributed by atoms with E-state index in [1.807, 2.05) is 36.4 Å². The van der Waals surface area contributed by atoms with Gasteiger partial charge in [0, 0.05) is 24.6 Å². The Morgan fingerprint density at radius 2 is 1.40 bits per heavy atom. The fraction of sp³-hybridized carbons (Fsp3) is 0.385. The first kappa shape index (κ1) is 33.5. The summed E-state index contributed by atoms with van der Waals surface area (Å²) in [5, 5.41) is 9.60. The third kappa shape index (κ3) is 8.38. The van der Waals surface area contributed by atoms with Crippen molar-refractivity contribution in [1.29, 1.82) is 0 Å². The third-order valence-electron chi connectivity index (χ3n) is 9.53. The number of nitrogens with one attached hydrogen (secondary N) is 1. The van der Waals surface area contributed by atoms with Crippen LogP contribution in [-0.4, -0.2) is 44.2 Å². The fourth-order valence-electron chi connectivity index (χ4n) is 6.71. The van der Waals surface area contributed by atoms with Gasteiger partial charge in [-0.2, -0.15) is 0 Å². The Morgan fingerprint density at radius 3 is 2.11 bits per heavy atom. The van der Waals surface area contributed by atoms with Gasteiger partial charge in [0.2, 0.25) is 10.0 Å². The summed E-state index contributed by atoms with van der Waals surface area (Å²) >= 11 is 0. The van der Waals surface area contributed by atoms with Gasteiger partial charge in [0.1, 0.15) is 0 Å². The molecule has 8 heteroatoms. The molecule has 0 radical (unpaired) electrons. The van der Waals surface area contributed by atoms with Crippen molar-refractivity contribution in [2.75, 3.05) is 19.6 Å². The Hall–Kier alpha value is -3.37. The summed E-state index contributed by atoms with van der Waals surface area (Å²) in [7, 11) is -3.63. The van der Waals surface area contributed by atoms with Crippen LogP contribution >= 0.6 is 0 Å². The lowest BCUT2D eigenvalue weighted by Crippen LogP contribution is -2.45. The van der Waals surface area contributed by atoms with Crippen LogP contribution in [0.25, 0.3) is 11.1 Å². The van der Waals surface area contributed by atoms with Crippen molar-refractivity contribution in [3.8, 4) is 11.1 Å². The van der Waals surface area contributed by atoms with Gasteiger partial charge in [0.25, 0.3) is 0 Å². The lowest BCUT2D eigenvalue weighted by atomic mass is 9.89. The highest BCUT2D eigenvalue weighted by atomic mass is 32.2. The second-order valence-corrected chi connectivity index (χ2v) is 14.6. The van der Waals surface area contributed by atoms with Gasteiger partial charge in [0.05, 0.1) is 23.7 Å². The molecule has 4 atom stereocenters. The van der Waals surface area contributed by atoms with Gasteiger partial charge in [0.15, 0.2) is 6.29 Å². The topological polar surface area (TPSA) is 88.1 Å². The summed E-state index contributed by atoms with van der Waals surface area (Å²) in [5.74, 6) is 0.141. The van der Waals surface area contributed by atoms with Crippen LogP contribution in [0.3, 0.4) is 0 Å². The Bertz CT molecular complexity index is 1670. The van der Waals surface area contributed by atoms with Crippen molar-refractivity contribution >= 4 is 10.0 Å². The smallest absolute Gasteiger partial charge is 0.240 e. The minimum atomic E-state index is -3.63. The third-order valence-corrected chi connectivity index (χ3v) is 10.9. The molecule has 4 aromatic carbocycles. The lowest BCUT2D eigenvalue weighted by molar-refractivity contribution is -0.276. The van der Waals surface area contributed by atoms with Gasteiger partial charge < -0.3 is 19.5 Å². The molecule has 6 rings (SSSR count). The molecule has 0 aliphatic carbocycles. The number of hydrogen-bond donors (Lipinski definition) is 2. The van der Waals surface area contributed by atoms with E-state index in [-0.39, 0.29) is 36.2 Å². The molecule has 2 aliphatic rings. The zero-order valence-corrected chi connectivity index (χ0v) is 27.9. The number of likely N-dealkylation sites (tertiary alicyclic amines) is 1. The first-order valence-electron chi connectivity index (χ1n) is 16.9. The van der Waals surface area contributed by atoms with Gasteiger partial charge >= 0.3 is 0 Å². The maximum atomic E-state index is 12.9. The standard InChI is InChI=1S/C39H46N2O5S/c1-29-37(27-41-24-10-3-2-4-11-25-41)45-39(46-38(29)32-18-16-30(28-42)17-19-32)33-22-20-31(21-23-33)36-15-9-8-12-34(36)26-40-47(43,44)35-13-6-5-7-14-35/h5-9,12-23,29,37-40,42H,2-4,10-11,24-28H2,1H3/t29-,37+,38+,39+/m1/s1. The number of nitrogens with zero attached hydrogens (tertiary/aromatic N) is 1. The van der Waals surface area contributed by atoms with Crippen LogP contribution in [0, 0.1) is 5.92 Å². The molecule has 0 spiro atoms. The number of aliphatic hydroxyl groups excluding tert-OH is 1. The first-order chi connectivity index (χ1) is 22.9. The molecule has 0 aromatic heterocycles. The average Bonchev–Trinajstić information content (AvgIpc) is 3.10. The molecular formula is C39H46N2O5S. The number of sulfonamides is 1. The van der Waals surface area contributed by atoms with Gasteiger partial charge in [-0.3, -0.25) is 0 Å². The van der Waals surface area contributed by atoms with Crippen molar-refractivity contribution in [2.24, 2.45) is 5.92 Å². The van der Waals surface area contributed by atoms with E-state index in [4.69, 9.17) is 9.47 Å². The number of rotatable bonds is 10. The van der Waals surface area contributed by atoms with Crippen molar-refractivity contribution in [2.45, 2.75) is 75.6 Å². The molecule has 2 fully saturated rings. The molecule has 0 saturated carbocycles. The van der Waals surface area contributed by atoms with Crippen LogP contribution in [0.4, 0.5) is 0 Å². The van der Waals surface area contributed by atoms with Gasteiger partial charge in [-0.15, -0.1) is 0 Å².